The van der Waals surface area contributed by atoms with E-state index in [0.29, 0.717) is 36.1 Å². The van der Waals surface area contributed by atoms with Crippen molar-refractivity contribution in [2.75, 3.05) is 6.61 Å². The van der Waals surface area contributed by atoms with E-state index in [2.05, 4.69) is 10.5 Å². The van der Waals surface area contributed by atoms with Crippen LogP contribution in [0.1, 0.15) is 48.6 Å². The maximum Gasteiger partial charge on any atom is 0.437 e. The number of carboxylic acids is 1. The van der Waals surface area contributed by atoms with Gasteiger partial charge in [0.15, 0.2) is 11.3 Å². The van der Waals surface area contributed by atoms with E-state index in [0.717, 1.165) is 5.56 Å². The summed E-state index contributed by atoms with van der Waals surface area (Å²) in [6.45, 7) is 2.29. The minimum atomic E-state index is -4.61. The molecule has 1 amide bonds. The Morgan fingerprint density at radius 3 is 2.56 bits per heavy atom. The highest BCUT2D eigenvalue weighted by Gasteiger charge is 2.37. The SMILES string of the molecule is CCCc1c(OCCCC(=O)NCc2ccccc2CC(=O)O)ccc2c(C(F)(F)F)noc12. The first-order valence-electron chi connectivity index (χ1n) is 10.9. The number of fused-ring (bicyclic) bond motifs is 1. The van der Waals surface area contributed by atoms with Gasteiger partial charge in [-0.05, 0) is 36.1 Å². The second-order valence-electron chi connectivity index (χ2n) is 7.77. The van der Waals surface area contributed by atoms with Crippen molar-refractivity contribution in [1.29, 1.82) is 0 Å². The van der Waals surface area contributed by atoms with Crippen LogP contribution in [0.2, 0.25) is 0 Å². The van der Waals surface area contributed by atoms with Gasteiger partial charge in [0.05, 0.1) is 18.4 Å². The van der Waals surface area contributed by atoms with Gasteiger partial charge in [-0.15, -0.1) is 0 Å². The lowest BCUT2D eigenvalue weighted by molar-refractivity contribution is -0.141. The maximum absolute atomic E-state index is 13.1. The zero-order valence-electron chi connectivity index (χ0n) is 18.6. The zero-order valence-corrected chi connectivity index (χ0v) is 18.6. The standard InChI is InChI=1S/C24H25F3N2O5/c1-2-6-17-19(11-10-18-22(17)34-29-23(18)24(25,26)27)33-12-5-9-20(30)28-14-16-8-4-3-7-15(16)13-21(31)32/h3-4,7-8,10-11H,2,5-6,9,12-14H2,1H3,(H,28,30)(H,31,32). The van der Waals surface area contributed by atoms with Crippen LogP contribution in [0.25, 0.3) is 11.0 Å². The molecule has 3 aromatic rings. The lowest BCUT2D eigenvalue weighted by Crippen LogP contribution is -2.24. The van der Waals surface area contributed by atoms with Crippen molar-refractivity contribution in [3.8, 4) is 5.75 Å². The highest BCUT2D eigenvalue weighted by atomic mass is 19.4. The van der Waals surface area contributed by atoms with Crippen molar-refractivity contribution in [3.05, 3.63) is 58.8 Å². The van der Waals surface area contributed by atoms with Crippen LogP contribution in [-0.2, 0) is 35.2 Å². The molecule has 0 saturated heterocycles. The normalized spacial score (nSPS) is 11.5. The number of aryl methyl sites for hydroxylation is 1. The Kier molecular flexibility index (Phi) is 8.14. The van der Waals surface area contributed by atoms with Gasteiger partial charge in [-0.1, -0.05) is 42.8 Å². The molecule has 0 saturated carbocycles. The van der Waals surface area contributed by atoms with Crippen LogP contribution < -0.4 is 10.1 Å². The number of aliphatic carboxylic acids is 1. The van der Waals surface area contributed by atoms with Crippen LogP contribution in [0.4, 0.5) is 13.2 Å². The monoisotopic (exact) mass is 478 g/mol. The van der Waals surface area contributed by atoms with E-state index in [9.17, 15) is 22.8 Å². The third-order valence-corrected chi connectivity index (χ3v) is 5.21. The van der Waals surface area contributed by atoms with Crippen LogP contribution in [0.3, 0.4) is 0 Å². The molecule has 0 bridgehead atoms. The maximum atomic E-state index is 13.1. The molecule has 0 radical (unpaired) electrons. The second kappa shape index (κ2) is 11.0. The molecule has 0 aliphatic carbocycles. The number of carbonyl (C=O) groups excluding carboxylic acids is 1. The number of alkyl halides is 3. The average molecular weight is 478 g/mol. The van der Waals surface area contributed by atoms with Crippen molar-refractivity contribution in [2.45, 2.75) is 51.7 Å². The topological polar surface area (TPSA) is 102 Å². The Hall–Kier alpha value is -3.56. The summed E-state index contributed by atoms with van der Waals surface area (Å²) in [6, 6.07) is 9.75. The summed E-state index contributed by atoms with van der Waals surface area (Å²) in [6.07, 6.45) is -3.05. The van der Waals surface area contributed by atoms with Crippen molar-refractivity contribution >= 4 is 22.8 Å². The van der Waals surface area contributed by atoms with Gasteiger partial charge in [0, 0.05) is 18.5 Å². The summed E-state index contributed by atoms with van der Waals surface area (Å²) in [5, 5.41) is 14.9. The summed E-state index contributed by atoms with van der Waals surface area (Å²) in [4.78, 5) is 23.2. The number of benzene rings is 2. The molecule has 0 spiro atoms. The van der Waals surface area contributed by atoms with Gasteiger partial charge in [-0.3, -0.25) is 9.59 Å². The highest BCUT2D eigenvalue weighted by molar-refractivity contribution is 5.85. The Labute approximate surface area is 193 Å². The number of hydrogen-bond acceptors (Lipinski definition) is 5. The van der Waals surface area contributed by atoms with E-state index >= 15 is 0 Å². The van der Waals surface area contributed by atoms with Crippen LogP contribution in [0.15, 0.2) is 40.9 Å². The summed E-state index contributed by atoms with van der Waals surface area (Å²) < 4.78 is 50.1. The third-order valence-electron chi connectivity index (χ3n) is 5.21. The number of nitrogens with one attached hydrogen (secondary N) is 1. The Bertz CT molecular complexity index is 1160. The number of carboxylic acid groups (broad SMARTS) is 1. The largest absolute Gasteiger partial charge is 0.493 e. The van der Waals surface area contributed by atoms with E-state index in [1.54, 1.807) is 24.3 Å². The summed E-state index contributed by atoms with van der Waals surface area (Å²) in [7, 11) is 0. The number of aromatic nitrogens is 1. The molecule has 0 fully saturated rings. The smallest absolute Gasteiger partial charge is 0.437 e. The van der Waals surface area contributed by atoms with Crippen molar-refractivity contribution in [1.82, 2.24) is 10.5 Å². The summed E-state index contributed by atoms with van der Waals surface area (Å²) in [5.74, 6) is -0.762. The number of carbonyl (C=O) groups is 2. The number of halogens is 3. The average Bonchev–Trinajstić information content (AvgIpc) is 3.22. The van der Waals surface area contributed by atoms with E-state index < -0.39 is 17.8 Å². The van der Waals surface area contributed by atoms with Crippen LogP contribution >= 0.6 is 0 Å². The predicted molar refractivity (Wildman–Crippen MR) is 117 cm³/mol. The van der Waals surface area contributed by atoms with Gasteiger partial charge in [-0.2, -0.15) is 13.2 Å². The lowest BCUT2D eigenvalue weighted by atomic mass is 10.0. The van der Waals surface area contributed by atoms with Gasteiger partial charge in [0.25, 0.3) is 0 Å². The lowest BCUT2D eigenvalue weighted by Gasteiger charge is -2.12. The number of nitrogens with zero attached hydrogens (tertiary/aromatic N) is 1. The number of rotatable bonds is 11. The zero-order chi connectivity index (χ0) is 24.7. The van der Waals surface area contributed by atoms with Crippen molar-refractivity contribution in [2.24, 2.45) is 0 Å². The first-order chi connectivity index (χ1) is 16.2. The minimum absolute atomic E-state index is 0.0597. The quantitative estimate of drug-likeness (QED) is 0.380. The van der Waals surface area contributed by atoms with E-state index in [4.69, 9.17) is 14.4 Å². The molecule has 1 aromatic heterocycles. The molecule has 2 aromatic carbocycles. The molecule has 0 atom stereocenters. The fourth-order valence-electron chi connectivity index (χ4n) is 3.63. The Morgan fingerprint density at radius 2 is 1.88 bits per heavy atom. The summed E-state index contributed by atoms with van der Waals surface area (Å²) in [5.41, 5.74) is 0.885. The second-order valence-corrected chi connectivity index (χ2v) is 7.77. The van der Waals surface area contributed by atoms with Crippen LogP contribution in [0, 0.1) is 0 Å². The van der Waals surface area contributed by atoms with Gasteiger partial charge in [0.2, 0.25) is 5.91 Å². The van der Waals surface area contributed by atoms with Crippen molar-refractivity contribution < 1.29 is 37.1 Å². The molecule has 0 unspecified atom stereocenters. The molecule has 3 rings (SSSR count). The van der Waals surface area contributed by atoms with E-state index in [1.807, 2.05) is 6.92 Å². The minimum Gasteiger partial charge on any atom is -0.493 e. The molecule has 2 N–H and O–H groups in total. The molecular formula is C24H25F3N2O5. The van der Waals surface area contributed by atoms with Crippen LogP contribution in [0.5, 0.6) is 5.75 Å². The molecule has 182 valence electrons. The third kappa shape index (κ3) is 6.27. The van der Waals surface area contributed by atoms with E-state index in [1.165, 1.54) is 12.1 Å². The first-order valence-corrected chi connectivity index (χ1v) is 10.9. The van der Waals surface area contributed by atoms with E-state index in [-0.39, 0.29) is 42.9 Å². The fourth-order valence-corrected chi connectivity index (χ4v) is 3.63. The van der Waals surface area contributed by atoms with Crippen LogP contribution in [-0.4, -0.2) is 28.7 Å². The number of ether oxygens (including phenoxy) is 1. The van der Waals surface area contributed by atoms with Crippen molar-refractivity contribution in [3.63, 3.8) is 0 Å². The molecule has 0 aliphatic heterocycles. The molecule has 1 heterocycles. The van der Waals surface area contributed by atoms with Gasteiger partial charge >= 0.3 is 12.1 Å². The molecule has 34 heavy (non-hydrogen) atoms. The van der Waals surface area contributed by atoms with Gasteiger partial charge in [0.1, 0.15) is 5.75 Å². The Morgan fingerprint density at radius 1 is 1.15 bits per heavy atom. The molecule has 10 heteroatoms. The van der Waals surface area contributed by atoms with Gasteiger partial charge < -0.3 is 19.7 Å². The molecule has 0 aliphatic rings. The number of hydrogen-bond donors (Lipinski definition) is 2. The first kappa shape index (κ1) is 25.1. The molecular weight excluding hydrogens is 453 g/mol. The Balaban J connectivity index is 1.55. The highest BCUT2D eigenvalue weighted by Crippen LogP contribution is 2.38. The van der Waals surface area contributed by atoms with Gasteiger partial charge in [-0.25, -0.2) is 0 Å². The summed E-state index contributed by atoms with van der Waals surface area (Å²) >= 11 is 0. The molecule has 7 nitrogen and oxygen atoms in total. The number of amides is 1. The predicted octanol–water partition coefficient (Wildman–Crippen LogP) is 4.90. The fraction of sp³-hybridized carbons (Fsp3) is 0.375.